The Labute approximate surface area is 329 Å². The number of rotatable bonds is 12. The average Bonchev–Trinajstić information content (AvgIpc) is 3.94. The Morgan fingerprint density at radius 1 is 0.893 bits per heavy atom. The fourth-order valence-corrected chi connectivity index (χ4v) is 8.06. The van der Waals surface area contributed by atoms with Gasteiger partial charge >= 0.3 is 6.09 Å². The van der Waals surface area contributed by atoms with Crippen LogP contribution in [-0.4, -0.2) is 88.1 Å². The predicted octanol–water partition coefficient (Wildman–Crippen LogP) is 7.64. The molecule has 3 aliphatic rings. The Kier molecular flexibility index (Phi) is 11.6. The van der Waals surface area contributed by atoms with Gasteiger partial charge in [0, 0.05) is 81.6 Å². The third-order valence-electron chi connectivity index (χ3n) is 10.9. The van der Waals surface area contributed by atoms with Crippen LogP contribution in [0, 0.1) is 17.8 Å². The van der Waals surface area contributed by atoms with Gasteiger partial charge in [0.05, 0.1) is 17.0 Å². The number of likely N-dealkylation sites (tertiary alicyclic amines) is 1. The van der Waals surface area contributed by atoms with Crippen LogP contribution in [0.25, 0.3) is 10.9 Å². The number of benzene rings is 3. The van der Waals surface area contributed by atoms with E-state index in [-0.39, 0.29) is 36.2 Å². The van der Waals surface area contributed by atoms with E-state index in [9.17, 15) is 19.2 Å². The number of nitrogens with zero attached hydrogens (tertiary/aromatic N) is 4. The van der Waals surface area contributed by atoms with Crippen molar-refractivity contribution in [2.24, 2.45) is 5.92 Å². The minimum absolute atomic E-state index is 0.0617. The van der Waals surface area contributed by atoms with Crippen LogP contribution in [0.5, 0.6) is 0 Å². The molecule has 0 N–H and O–H groups in total. The van der Waals surface area contributed by atoms with Gasteiger partial charge in [-0.15, -0.1) is 0 Å². The van der Waals surface area contributed by atoms with E-state index in [4.69, 9.17) is 9.47 Å². The number of ether oxygens (including phenoxy) is 2. The van der Waals surface area contributed by atoms with Crippen molar-refractivity contribution in [3.05, 3.63) is 107 Å². The van der Waals surface area contributed by atoms with Crippen LogP contribution >= 0.6 is 0 Å². The van der Waals surface area contributed by atoms with Crippen molar-refractivity contribution in [1.29, 1.82) is 0 Å². The smallest absolute Gasteiger partial charge is 0.410 e. The third kappa shape index (κ3) is 8.69. The normalized spacial score (nSPS) is 18.1. The number of fused-ring (bicyclic) bond motifs is 2. The number of hydrogen-bond acceptors (Lipinski definition) is 6. The van der Waals surface area contributed by atoms with Gasteiger partial charge in [-0.1, -0.05) is 54.3 Å². The number of hydrogen-bond donors (Lipinski definition) is 0. The summed E-state index contributed by atoms with van der Waals surface area (Å²) in [6.45, 7) is 8.65. The first-order valence-corrected chi connectivity index (χ1v) is 19.9. The van der Waals surface area contributed by atoms with Gasteiger partial charge in [-0.3, -0.25) is 19.3 Å². The van der Waals surface area contributed by atoms with Crippen molar-refractivity contribution in [3.63, 3.8) is 0 Å². The second kappa shape index (κ2) is 16.8. The summed E-state index contributed by atoms with van der Waals surface area (Å²) in [7, 11) is 1.72. The largest absolute Gasteiger partial charge is 0.444 e. The van der Waals surface area contributed by atoms with Crippen LogP contribution in [0.15, 0.2) is 79.0 Å². The molecule has 10 heteroatoms. The molecule has 0 spiro atoms. The van der Waals surface area contributed by atoms with E-state index in [0.717, 1.165) is 53.4 Å². The lowest BCUT2D eigenvalue weighted by Gasteiger charge is -2.40. The van der Waals surface area contributed by atoms with Gasteiger partial charge < -0.3 is 23.8 Å². The molecule has 2 aliphatic heterocycles. The van der Waals surface area contributed by atoms with E-state index in [1.807, 2.05) is 32.9 Å². The van der Waals surface area contributed by atoms with E-state index >= 15 is 0 Å². The minimum atomic E-state index is -0.650. The molecule has 7 rings (SSSR count). The summed E-state index contributed by atoms with van der Waals surface area (Å²) in [5, 5.41) is 1.15. The number of methoxy groups -OCH3 is 1. The number of aromatic nitrogens is 1. The van der Waals surface area contributed by atoms with Crippen LogP contribution in [0.2, 0.25) is 0 Å². The maximum absolute atomic E-state index is 15.0. The van der Waals surface area contributed by atoms with E-state index in [1.165, 1.54) is 4.90 Å². The molecule has 0 unspecified atom stereocenters. The topological polar surface area (TPSA) is 101 Å². The quantitative estimate of drug-likeness (QED) is 0.0837. The Balaban J connectivity index is 1.09. The average molecular weight is 757 g/mol. The van der Waals surface area contributed by atoms with Crippen molar-refractivity contribution in [1.82, 2.24) is 19.3 Å². The zero-order chi connectivity index (χ0) is 39.4. The van der Waals surface area contributed by atoms with Crippen LogP contribution < -0.4 is 0 Å². The molecule has 10 nitrogen and oxygen atoms in total. The molecule has 56 heavy (non-hydrogen) atoms. The van der Waals surface area contributed by atoms with Crippen molar-refractivity contribution in [2.75, 3.05) is 33.4 Å². The Hall–Kier alpha value is -5.40. The number of carbonyl (C=O) groups is 4. The number of unbranched alkanes of at least 4 members (excludes halogenated alkanes) is 1. The van der Waals surface area contributed by atoms with E-state index in [1.54, 1.807) is 36.3 Å². The lowest BCUT2D eigenvalue weighted by atomic mass is 9.79. The molecule has 2 atom stereocenters. The second-order valence-corrected chi connectivity index (χ2v) is 16.2. The van der Waals surface area contributed by atoms with Gasteiger partial charge in [-0.25, -0.2) is 4.79 Å². The van der Waals surface area contributed by atoms with Crippen molar-refractivity contribution in [2.45, 2.75) is 89.9 Å². The molecular weight excluding hydrogens is 705 g/mol. The van der Waals surface area contributed by atoms with Gasteiger partial charge in [0.1, 0.15) is 5.60 Å². The summed E-state index contributed by atoms with van der Waals surface area (Å²) in [4.78, 5) is 59.0. The molecule has 3 heterocycles. The SMILES string of the molecule is COCCCn1cc(CN(C(=O)[C@H]2CN(C(=O)OC(C)(C)C)CC[C@@H]2c2cccc(C#CCCCN3C(=O)c4ccccc4C3=O)c2)C2CC2)c2ccccc21. The van der Waals surface area contributed by atoms with Crippen LogP contribution in [0.1, 0.15) is 103 Å². The highest BCUT2D eigenvalue weighted by molar-refractivity contribution is 6.21. The van der Waals surface area contributed by atoms with E-state index in [0.29, 0.717) is 56.6 Å². The number of amides is 4. The van der Waals surface area contributed by atoms with Crippen molar-refractivity contribution in [3.8, 4) is 11.8 Å². The maximum atomic E-state index is 15.0. The molecule has 4 amide bonds. The second-order valence-electron chi connectivity index (χ2n) is 16.2. The van der Waals surface area contributed by atoms with Gasteiger partial charge in [0.15, 0.2) is 0 Å². The summed E-state index contributed by atoms with van der Waals surface area (Å²) >= 11 is 0. The summed E-state index contributed by atoms with van der Waals surface area (Å²) in [6.07, 6.45) is 6.32. The molecule has 4 aromatic rings. The van der Waals surface area contributed by atoms with Crippen molar-refractivity contribution < 1.29 is 28.7 Å². The molecule has 1 saturated carbocycles. The first kappa shape index (κ1) is 38.9. The zero-order valence-corrected chi connectivity index (χ0v) is 33.0. The molecule has 0 bridgehead atoms. The lowest BCUT2D eigenvalue weighted by Crippen LogP contribution is -2.51. The highest BCUT2D eigenvalue weighted by Crippen LogP contribution is 2.39. The highest BCUT2D eigenvalue weighted by Gasteiger charge is 2.43. The predicted molar refractivity (Wildman–Crippen MR) is 215 cm³/mol. The third-order valence-corrected chi connectivity index (χ3v) is 10.9. The standard InChI is InChI=1S/C46H52N4O6/c1-46(2,3)56-45(54)48-26-23-36(33-16-12-15-32(28-33)14-6-5-11-25-49-42(51)38-18-7-8-19-39(38)43(49)52)40(31-48)44(53)50(35-21-22-35)30-34-29-47(24-13-27-55-4)41-20-10-9-17-37(34)41/h7-10,12,15-20,28-29,35-36,40H,5,11,13,21-27,30-31H2,1-4H3/t36-,40+/m1/s1. The van der Waals surface area contributed by atoms with Crippen LogP contribution in [0.4, 0.5) is 4.79 Å². The molecule has 1 saturated heterocycles. The number of imide groups is 1. The van der Waals surface area contributed by atoms with Gasteiger partial charge in [-0.05, 0) is 100 Å². The Morgan fingerprint density at radius 3 is 2.34 bits per heavy atom. The fourth-order valence-electron chi connectivity index (χ4n) is 8.06. The van der Waals surface area contributed by atoms with Gasteiger partial charge in [0.2, 0.25) is 5.91 Å². The summed E-state index contributed by atoms with van der Waals surface area (Å²) in [5.74, 6) is 5.49. The zero-order valence-electron chi connectivity index (χ0n) is 33.0. The first-order valence-electron chi connectivity index (χ1n) is 19.9. The number of carbonyl (C=O) groups excluding carboxylic acids is 4. The molecule has 0 radical (unpaired) electrons. The fraction of sp³-hybridized carbons (Fsp3) is 0.435. The van der Waals surface area contributed by atoms with E-state index < -0.39 is 17.6 Å². The molecule has 1 aromatic heterocycles. The number of piperidine rings is 1. The highest BCUT2D eigenvalue weighted by atomic mass is 16.6. The van der Waals surface area contributed by atoms with E-state index in [2.05, 4.69) is 63.9 Å². The summed E-state index contributed by atoms with van der Waals surface area (Å²) in [5.41, 5.74) is 4.39. The number of para-hydroxylation sites is 1. The molecule has 1 aliphatic carbocycles. The summed E-state index contributed by atoms with van der Waals surface area (Å²) < 4.78 is 13.4. The summed E-state index contributed by atoms with van der Waals surface area (Å²) in [6, 6.07) is 23.5. The van der Waals surface area contributed by atoms with Gasteiger partial charge in [-0.2, -0.15) is 0 Å². The molecule has 3 aromatic carbocycles. The monoisotopic (exact) mass is 756 g/mol. The molecule has 292 valence electrons. The lowest BCUT2D eigenvalue weighted by molar-refractivity contribution is -0.139. The first-order chi connectivity index (χ1) is 27.0. The maximum Gasteiger partial charge on any atom is 0.410 e. The molecule has 2 fully saturated rings. The van der Waals surface area contributed by atoms with Crippen LogP contribution in [-0.2, 0) is 27.4 Å². The van der Waals surface area contributed by atoms with Crippen molar-refractivity contribution >= 4 is 34.7 Å². The Morgan fingerprint density at radius 2 is 1.62 bits per heavy atom. The minimum Gasteiger partial charge on any atom is -0.444 e. The Bertz CT molecular complexity index is 2130. The van der Waals surface area contributed by atoms with Gasteiger partial charge in [0.25, 0.3) is 11.8 Å². The van der Waals surface area contributed by atoms with Crippen LogP contribution in [0.3, 0.4) is 0 Å². The number of aryl methyl sites for hydroxylation is 1. The molecular formula is C46H52N4O6.